The molecule has 0 aromatic heterocycles. The number of carbonyl (C=O) groups excluding carboxylic acids is 1. The summed E-state index contributed by atoms with van der Waals surface area (Å²) >= 11 is 0. The highest BCUT2D eigenvalue weighted by Gasteiger charge is 2.23. The van der Waals surface area contributed by atoms with Crippen LogP contribution >= 0.6 is 0 Å². The van der Waals surface area contributed by atoms with E-state index in [1.165, 1.54) is 22.3 Å². The maximum absolute atomic E-state index is 12.8. The zero-order chi connectivity index (χ0) is 24.1. The van der Waals surface area contributed by atoms with Crippen molar-refractivity contribution in [3.05, 3.63) is 94.6 Å². The quantitative estimate of drug-likeness (QED) is 0.451. The molecule has 2 aromatic rings. The summed E-state index contributed by atoms with van der Waals surface area (Å²) in [5, 5.41) is 0. The molecule has 4 heteroatoms. The Kier molecular flexibility index (Phi) is 7.69. The highest BCUT2D eigenvalue weighted by Crippen LogP contribution is 2.40. The van der Waals surface area contributed by atoms with E-state index in [2.05, 4.69) is 66.5 Å². The fraction of sp³-hybridized carbons (Fsp3) is 0.367. The van der Waals surface area contributed by atoms with Gasteiger partial charge in [-0.1, -0.05) is 60.7 Å². The van der Waals surface area contributed by atoms with E-state index in [-0.39, 0.29) is 12.1 Å². The van der Waals surface area contributed by atoms with E-state index in [1.54, 1.807) is 4.90 Å². The summed E-state index contributed by atoms with van der Waals surface area (Å²) < 4.78 is 5.69. The number of fused-ring (bicyclic) bond motifs is 1. The zero-order valence-electron chi connectivity index (χ0n) is 20.8. The van der Waals surface area contributed by atoms with Crippen molar-refractivity contribution in [3.8, 4) is 5.75 Å². The van der Waals surface area contributed by atoms with Gasteiger partial charge in [0.2, 0.25) is 0 Å². The molecule has 0 fully saturated rings. The molecule has 34 heavy (non-hydrogen) atoms. The summed E-state index contributed by atoms with van der Waals surface area (Å²) in [6.07, 6.45) is 13.0. The van der Waals surface area contributed by atoms with Crippen LogP contribution in [0, 0.1) is 0 Å². The molecule has 0 radical (unpaired) electrons. The molecule has 178 valence electrons. The van der Waals surface area contributed by atoms with Gasteiger partial charge in [-0.2, -0.15) is 0 Å². The molecule has 4 nitrogen and oxygen atoms in total. The molecule has 2 aromatic carbocycles. The minimum atomic E-state index is -0.310. The van der Waals surface area contributed by atoms with E-state index in [0.29, 0.717) is 18.2 Å². The average molecular weight is 457 g/mol. The molecule has 1 unspecified atom stereocenters. The van der Waals surface area contributed by atoms with Crippen molar-refractivity contribution in [2.45, 2.75) is 44.6 Å². The Morgan fingerprint density at radius 3 is 2.71 bits per heavy atom. The lowest BCUT2D eigenvalue weighted by atomic mass is 9.81. The summed E-state index contributed by atoms with van der Waals surface area (Å²) in [6.45, 7) is 2.79. The molecule has 0 N–H and O–H groups in total. The lowest BCUT2D eigenvalue weighted by Crippen LogP contribution is -2.31. The van der Waals surface area contributed by atoms with Gasteiger partial charge in [0.1, 0.15) is 5.75 Å². The monoisotopic (exact) mass is 456 g/mol. The third kappa shape index (κ3) is 5.51. The topological polar surface area (TPSA) is 32.8 Å². The Hall–Kier alpha value is -3.11. The lowest BCUT2D eigenvalue weighted by molar-refractivity contribution is 0.162. The normalized spacial score (nSPS) is 17.7. The van der Waals surface area contributed by atoms with E-state index in [4.69, 9.17) is 4.74 Å². The van der Waals surface area contributed by atoms with Gasteiger partial charge in [-0.25, -0.2) is 4.79 Å². The second-order valence-corrected chi connectivity index (χ2v) is 9.58. The van der Waals surface area contributed by atoms with Crippen LogP contribution in [-0.2, 0) is 0 Å². The number of rotatable bonds is 7. The van der Waals surface area contributed by atoms with Gasteiger partial charge in [0.15, 0.2) is 0 Å². The molecule has 2 atom stereocenters. The molecule has 0 heterocycles. The molecule has 2 aliphatic rings. The minimum absolute atomic E-state index is 0.251. The van der Waals surface area contributed by atoms with Gasteiger partial charge in [0.25, 0.3) is 0 Å². The average Bonchev–Trinajstić information content (AvgIpc) is 3.01. The van der Waals surface area contributed by atoms with E-state index < -0.39 is 0 Å². The summed E-state index contributed by atoms with van der Waals surface area (Å²) in [4.78, 5) is 16.6. The Morgan fingerprint density at radius 1 is 1.06 bits per heavy atom. The zero-order valence-corrected chi connectivity index (χ0v) is 20.8. The van der Waals surface area contributed by atoms with Crippen LogP contribution in [0.1, 0.15) is 61.3 Å². The van der Waals surface area contributed by atoms with E-state index in [0.717, 1.165) is 31.2 Å². The fourth-order valence-corrected chi connectivity index (χ4v) is 4.81. The maximum atomic E-state index is 12.8. The molecule has 0 aliphatic heterocycles. The van der Waals surface area contributed by atoms with Gasteiger partial charge in [-0.3, -0.25) is 0 Å². The Bertz CT molecular complexity index is 1110. The minimum Gasteiger partial charge on any atom is -0.410 e. The first-order chi connectivity index (χ1) is 16.4. The number of carbonyl (C=O) groups is 1. The third-order valence-electron chi connectivity index (χ3n) is 7.08. The number of amides is 1. The van der Waals surface area contributed by atoms with E-state index in [9.17, 15) is 4.79 Å². The number of hydrogen-bond acceptors (Lipinski definition) is 3. The second-order valence-electron chi connectivity index (χ2n) is 9.58. The Labute approximate surface area is 204 Å². The molecule has 0 bridgehead atoms. The van der Waals surface area contributed by atoms with Gasteiger partial charge in [-0.15, -0.1) is 0 Å². The number of benzene rings is 2. The van der Waals surface area contributed by atoms with Crippen LogP contribution in [0.2, 0.25) is 0 Å². The van der Waals surface area contributed by atoms with Gasteiger partial charge < -0.3 is 14.5 Å². The highest BCUT2D eigenvalue weighted by atomic mass is 16.6. The van der Waals surface area contributed by atoms with E-state index in [1.807, 2.05) is 39.3 Å². The predicted molar refractivity (Wildman–Crippen MR) is 140 cm³/mol. The largest absolute Gasteiger partial charge is 0.414 e. The number of allylic oxidation sites excluding steroid dienone is 5. The van der Waals surface area contributed by atoms with Gasteiger partial charge in [-0.05, 0) is 86.7 Å². The van der Waals surface area contributed by atoms with Crippen molar-refractivity contribution in [3.63, 3.8) is 0 Å². The van der Waals surface area contributed by atoms with Crippen molar-refractivity contribution in [1.82, 2.24) is 9.80 Å². The third-order valence-corrected chi connectivity index (χ3v) is 7.08. The second kappa shape index (κ2) is 10.9. The van der Waals surface area contributed by atoms with Crippen LogP contribution in [0.3, 0.4) is 0 Å². The predicted octanol–water partition coefficient (Wildman–Crippen LogP) is 6.98. The van der Waals surface area contributed by atoms with Crippen molar-refractivity contribution < 1.29 is 9.53 Å². The molecule has 4 rings (SSSR count). The molecule has 2 aliphatic carbocycles. The van der Waals surface area contributed by atoms with Gasteiger partial charge in [0, 0.05) is 25.6 Å². The summed E-state index contributed by atoms with van der Waals surface area (Å²) in [7, 11) is 5.91. The van der Waals surface area contributed by atoms with Crippen LogP contribution < -0.4 is 4.74 Å². The van der Waals surface area contributed by atoms with E-state index >= 15 is 0 Å². The summed E-state index contributed by atoms with van der Waals surface area (Å²) in [5.74, 6) is 0.945. The SMILES string of the molecule is C[C@@H](c1cccc(OC(=O)N(C)CCCC2C3=C(C=Cc4ccccc42)CCC=C3)c1)N(C)C. The molecule has 1 amide bonds. The van der Waals surface area contributed by atoms with Gasteiger partial charge in [0.05, 0.1) is 0 Å². The first-order valence-corrected chi connectivity index (χ1v) is 12.3. The van der Waals surface area contributed by atoms with Gasteiger partial charge >= 0.3 is 6.09 Å². The Morgan fingerprint density at radius 2 is 1.88 bits per heavy atom. The smallest absolute Gasteiger partial charge is 0.410 e. The van der Waals surface area contributed by atoms with Crippen LogP contribution in [0.4, 0.5) is 4.79 Å². The summed E-state index contributed by atoms with van der Waals surface area (Å²) in [5.41, 5.74) is 6.69. The maximum Gasteiger partial charge on any atom is 0.414 e. The molecular formula is C30H36N2O2. The van der Waals surface area contributed by atoms with Crippen LogP contribution in [0.5, 0.6) is 5.75 Å². The standard InChI is InChI=1S/C30H36N2O2/c1-22(31(2)3)25-13-9-14-26(21-25)34-30(33)32(4)20-10-17-29-27-15-7-5-11-23(27)18-19-24-12-6-8-16-28(24)29/h5,7-9,11,13-16,18-19,21-22,29H,6,10,12,17,20H2,1-4H3/t22-,29?/m0/s1. The number of ether oxygens (including phenoxy) is 1. The molecular weight excluding hydrogens is 420 g/mol. The van der Waals surface area contributed by atoms with Crippen molar-refractivity contribution >= 4 is 12.2 Å². The summed E-state index contributed by atoms with van der Waals surface area (Å²) in [6, 6.07) is 16.8. The number of hydrogen-bond donors (Lipinski definition) is 0. The van der Waals surface area contributed by atoms with Crippen molar-refractivity contribution in [2.75, 3.05) is 27.7 Å². The Balaban J connectivity index is 1.39. The molecule has 0 saturated heterocycles. The highest BCUT2D eigenvalue weighted by molar-refractivity contribution is 5.70. The lowest BCUT2D eigenvalue weighted by Gasteiger charge is -2.25. The van der Waals surface area contributed by atoms with Crippen molar-refractivity contribution in [2.24, 2.45) is 0 Å². The fourth-order valence-electron chi connectivity index (χ4n) is 4.81. The van der Waals surface area contributed by atoms with Crippen LogP contribution in [0.15, 0.2) is 77.9 Å². The van der Waals surface area contributed by atoms with Crippen LogP contribution in [-0.4, -0.2) is 43.6 Å². The molecule has 0 saturated carbocycles. The number of nitrogens with zero attached hydrogens (tertiary/aromatic N) is 2. The van der Waals surface area contributed by atoms with Crippen LogP contribution in [0.25, 0.3) is 6.08 Å². The first-order valence-electron chi connectivity index (χ1n) is 12.3. The molecule has 0 spiro atoms. The van der Waals surface area contributed by atoms with Crippen molar-refractivity contribution in [1.29, 1.82) is 0 Å². The first kappa shape index (κ1) is 24.0.